The maximum atomic E-state index is 8.67. The average molecular weight is 109 g/mol. The summed E-state index contributed by atoms with van der Waals surface area (Å²) in [6, 6.07) is 0. The van der Waals surface area contributed by atoms with E-state index in [4.69, 9.17) is 13.3 Å². The van der Waals surface area contributed by atoms with Crippen molar-refractivity contribution in [1.29, 1.82) is 0 Å². The first kappa shape index (κ1) is 9.28. The summed E-state index contributed by atoms with van der Waals surface area (Å²) in [5, 5.41) is 0. The Kier molecular flexibility index (Phi) is 8.97. The van der Waals surface area contributed by atoms with E-state index >= 15 is 0 Å². The molecular formula is H5MgO3S+. The van der Waals surface area contributed by atoms with Gasteiger partial charge in [-0.25, -0.2) is 0 Å². The van der Waals surface area contributed by atoms with Crippen molar-refractivity contribution in [3.05, 3.63) is 0 Å². The highest BCUT2D eigenvalue weighted by Crippen LogP contribution is 1.44. The monoisotopic (exact) mass is 109 g/mol. The fourth-order valence-corrected chi connectivity index (χ4v) is 0. The van der Waals surface area contributed by atoms with Crippen molar-refractivity contribution in [2.75, 3.05) is 0 Å². The summed E-state index contributed by atoms with van der Waals surface area (Å²) >= 11 is -2.61. The van der Waals surface area contributed by atoms with E-state index < -0.39 is 11.4 Å². The molecule has 0 spiro atoms. The smallest absolute Gasteiger partial charge is 0.284 e. The minimum absolute atomic E-state index is 0. The van der Waals surface area contributed by atoms with Gasteiger partial charge in [0, 0.05) is 0 Å². The first-order chi connectivity index (χ1) is 1.73. The Balaban J connectivity index is -0.0000000450. The van der Waals surface area contributed by atoms with Gasteiger partial charge in [0.1, 0.15) is 0 Å². The van der Waals surface area contributed by atoms with Crippen molar-refractivity contribution < 1.29 is 14.7 Å². The third kappa shape index (κ3) is 55.6. The van der Waals surface area contributed by atoms with E-state index in [9.17, 15) is 0 Å². The third-order valence-corrected chi connectivity index (χ3v) is 0. The van der Waals surface area contributed by atoms with Gasteiger partial charge in [0.15, 0.2) is 0 Å². The van der Waals surface area contributed by atoms with Gasteiger partial charge in [-0.15, -0.1) is 0 Å². The zero-order valence-electron chi connectivity index (χ0n) is 2.71. The number of hydrogen-bond donors (Lipinski definition) is 2. The Labute approximate surface area is 49.5 Å². The van der Waals surface area contributed by atoms with Gasteiger partial charge >= 0.3 is 24.5 Å². The summed E-state index contributed by atoms with van der Waals surface area (Å²) in [5.41, 5.74) is 0. The molecule has 0 aliphatic carbocycles. The summed E-state index contributed by atoms with van der Waals surface area (Å²) < 4.78 is 22.8. The van der Waals surface area contributed by atoms with E-state index in [1.165, 1.54) is 0 Å². The van der Waals surface area contributed by atoms with E-state index in [2.05, 4.69) is 0 Å². The van der Waals surface area contributed by atoms with Gasteiger partial charge in [0.25, 0.3) is 11.4 Å². The Morgan fingerprint density at radius 2 is 1.60 bits per heavy atom. The summed E-state index contributed by atoms with van der Waals surface area (Å²) in [4.78, 5) is 0. The molecule has 5 heteroatoms. The molecule has 2 N–H and O–H groups in total. The molecule has 0 amide bonds. The van der Waals surface area contributed by atoms with Crippen molar-refractivity contribution in [2.24, 2.45) is 0 Å². The fourth-order valence-electron chi connectivity index (χ4n) is 0. The second-order valence-corrected chi connectivity index (χ2v) is 0.692. The van der Waals surface area contributed by atoms with Crippen LogP contribution in [0.2, 0.25) is 0 Å². The van der Waals surface area contributed by atoms with E-state index in [0.717, 1.165) is 0 Å². The second-order valence-electron chi connectivity index (χ2n) is 0.231. The van der Waals surface area contributed by atoms with Crippen LogP contribution in [0.1, 0.15) is 1.43 Å². The highest BCUT2D eigenvalue weighted by molar-refractivity contribution is 7.73. The van der Waals surface area contributed by atoms with Crippen molar-refractivity contribution in [3.8, 4) is 0 Å². The van der Waals surface area contributed by atoms with E-state index in [1.54, 1.807) is 0 Å². The molecule has 0 unspecified atom stereocenters. The first-order valence-electron chi connectivity index (χ1n) is 0.532. The molecule has 0 aliphatic heterocycles. The largest absolute Gasteiger partial charge is 1.00 e. The normalized spacial score (nSPS) is 7.00. The van der Waals surface area contributed by atoms with Crippen molar-refractivity contribution >= 4 is 34.4 Å². The van der Waals surface area contributed by atoms with Crippen molar-refractivity contribution in [2.45, 2.75) is 0 Å². The van der Waals surface area contributed by atoms with Gasteiger partial charge < -0.3 is 0 Å². The number of rotatable bonds is 0. The van der Waals surface area contributed by atoms with Crippen LogP contribution < -0.4 is 0 Å². The lowest BCUT2D eigenvalue weighted by Gasteiger charge is -1.59. The van der Waals surface area contributed by atoms with E-state index in [-0.39, 0.29) is 24.5 Å². The fraction of sp³-hybridized carbons (Fsp3) is 0. The van der Waals surface area contributed by atoms with Crippen LogP contribution >= 0.6 is 0 Å². The number of hydrogen-bond acceptors (Lipinski definition) is 1. The predicted molar refractivity (Wildman–Crippen MR) is 23.1 cm³/mol. The Morgan fingerprint density at radius 1 is 1.60 bits per heavy atom. The molecule has 0 saturated carbocycles. The molecule has 0 radical (unpaired) electrons. The Morgan fingerprint density at radius 3 is 1.60 bits per heavy atom. The highest BCUT2D eigenvalue weighted by Gasteiger charge is 1.62. The summed E-state index contributed by atoms with van der Waals surface area (Å²) in [6.45, 7) is 0. The molecule has 0 aromatic heterocycles. The van der Waals surface area contributed by atoms with Gasteiger partial charge in [-0.05, 0) is 0 Å². The van der Waals surface area contributed by atoms with Crippen LogP contribution in [0.15, 0.2) is 0 Å². The standard InChI is InChI=1S/Mg.H2O3S.2H/c;1-4(2)3;;/h;(H2,1,2,3);;/p+1. The second kappa shape index (κ2) is 4.84. The van der Waals surface area contributed by atoms with Crippen LogP contribution in [0.3, 0.4) is 0 Å². The van der Waals surface area contributed by atoms with Gasteiger partial charge in [0.05, 0.1) is 0 Å². The summed E-state index contributed by atoms with van der Waals surface area (Å²) in [7, 11) is 0. The van der Waals surface area contributed by atoms with Crippen LogP contribution in [0.4, 0.5) is 0 Å². The maximum absolute atomic E-state index is 8.67. The predicted octanol–water partition coefficient (Wildman–Crippen LogP) is -1.12. The molecule has 3 nitrogen and oxygen atoms in total. The van der Waals surface area contributed by atoms with Crippen LogP contribution in [0.5, 0.6) is 0 Å². The Bertz CT molecular complexity index is 33.8. The zero-order chi connectivity index (χ0) is 3.58. The van der Waals surface area contributed by atoms with Gasteiger partial charge in [0.2, 0.25) is 0 Å². The molecule has 0 atom stereocenters. The molecule has 0 bridgehead atoms. The topological polar surface area (TPSA) is 57.5 Å². The summed E-state index contributed by atoms with van der Waals surface area (Å²) in [6.07, 6.45) is 0. The van der Waals surface area contributed by atoms with Crippen molar-refractivity contribution in [1.82, 2.24) is 0 Å². The molecule has 0 saturated heterocycles. The molecule has 5 heavy (non-hydrogen) atoms. The Hall–Kier alpha value is 0.836. The highest BCUT2D eigenvalue weighted by atomic mass is 32.2. The van der Waals surface area contributed by atoms with Crippen molar-refractivity contribution in [3.63, 3.8) is 0 Å². The lowest BCUT2D eigenvalue weighted by atomic mass is 15.8. The van der Waals surface area contributed by atoms with Crippen LogP contribution in [0, 0.1) is 0 Å². The lowest BCUT2D eigenvalue weighted by Crippen LogP contribution is -1.74. The molecule has 0 aromatic rings. The van der Waals surface area contributed by atoms with Crippen LogP contribution in [0.25, 0.3) is 0 Å². The van der Waals surface area contributed by atoms with Gasteiger partial charge in [-0.2, -0.15) is 4.21 Å². The first-order valence-corrected chi connectivity index (χ1v) is 1.60. The van der Waals surface area contributed by atoms with E-state index in [1.807, 2.05) is 0 Å². The average Bonchev–Trinajstić information content (AvgIpc) is 0.811. The molecule has 0 aromatic carbocycles. The SMILES string of the molecule is O=S(O)O.[H+].[MgH2]. The zero-order valence-corrected chi connectivity index (χ0v) is 2.53. The minimum atomic E-state index is -2.61. The van der Waals surface area contributed by atoms with Gasteiger partial charge in [-0.3, -0.25) is 9.11 Å². The maximum Gasteiger partial charge on any atom is 1.00 e. The molecule has 0 aliphatic rings. The molecular weight excluding hydrogens is 104 g/mol. The molecule has 30 valence electrons. The quantitative estimate of drug-likeness (QED) is 0.306. The molecule has 0 fully saturated rings. The van der Waals surface area contributed by atoms with Crippen LogP contribution in [-0.2, 0) is 11.4 Å². The minimum Gasteiger partial charge on any atom is -0.284 e. The van der Waals surface area contributed by atoms with Crippen LogP contribution in [-0.4, -0.2) is 36.4 Å². The van der Waals surface area contributed by atoms with E-state index in [0.29, 0.717) is 0 Å². The molecule has 0 rings (SSSR count). The lowest BCUT2D eigenvalue weighted by molar-refractivity contribution is 0.454. The van der Waals surface area contributed by atoms with Gasteiger partial charge in [-0.1, -0.05) is 0 Å². The summed E-state index contributed by atoms with van der Waals surface area (Å²) in [5.74, 6) is 0. The third-order valence-electron chi connectivity index (χ3n) is 0. The molecule has 0 heterocycles.